The Morgan fingerprint density at radius 1 is 0.800 bits per heavy atom. The first kappa shape index (κ1) is 29.5. The second-order valence-electron chi connectivity index (χ2n) is 9.65. The molecule has 1 unspecified atom stereocenters. The first-order valence-corrected chi connectivity index (χ1v) is 19.9. The van der Waals surface area contributed by atoms with Crippen molar-refractivity contribution < 1.29 is 19.1 Å². The summed E-state index contributed by atoms with van der Waals surface area (Å²) in [4.78, 5) is 27.6. The molecule has 0 bridgehead atoms. The van der Waals surface area contributed by atoms with E-state index in [1.807, 2.05) is 20.8 Å². The summed E-state index contributed by atoms with van der Waals surface area (Å²) in [6.07, 6.45) is 8.92. The van der Waals surface area contributed by atoms with E-state index in [1.54, 1.807) is 0 Å². The molecule has 0 saturated carbocycles. The van der Waals surface area contributed by atoms with E-state index in [0.29, 0.717) is 0 Å². The first-order valence-electron chi connectivity index (χ1n) is 12.2. The van der Waals surface area contributed by atoms with Gasteiger partial charge in [-0.2, -0.15) is 0 Å². The molecule has 0 aromatic carbocycles. The quantitative estimate of drug-likeness (QED) is 0.212. The summed E-state index contributed by atoms with van der Waals surface area (Å²) >= 11 is -2.95. The van der Waals surface area contributed by atoms with E-state index in [4.69, 9.17) is 9.47 Å². The van der Waals surface area contributed by atoms with E-state index in [-0.39, 0.29) is 4.06 Å². The van der Waals surface area contributed by atoms with Crippen molar-refractivity contribution in [3.8, 4) is 0 Å². The first-order chi connectivity index (χ1) is 14.1. The van der Waals surface area contributed by atoms with Crippen molar-refractivity contribution >= 4 is 30.6 Å². The summed E-state index contributed by atoms with van der Waals surface area (Å²) in [5, 5.41) is 0. The van der Waals surface area contributed by atoms with Crippen LogP contribution in [0.1, 0.15) is 106 Å². The summed E-state index contributed by atoms with van der Waals surface area (Å²) in [5.74, 6) is 0. The van der Waals surface area contributed by atoms with Gasteiger partial charge in [-0.05, 0) is 0 Å². The molecule has 178 valence electrons. The van der Waals surface area contributed by atoms with Gasteiger partial charge in [-0.15, -0.1) is 0 Å². The van der Waals surface area contributed by atoms with Gasteiger partial charge in [0.15, 0.2) is 0 Å². The third-order valence-electron chi connectivity index (χ3n) is 5.90. The zero-order chi connectivity index (χ0) is 23.2. The van der Waals surface area contributed by atoms with Crippen molar-refractivity contribution in [3.05, 3.63) is 0 Å². The molecule has 0 radical (unpaired) electrons. The third kappa shape index (κ3) is 10.2. The molecule has 0 heterocycles. The molecule has 0 saturated heterocycles. The Bertz CT molecular complexity index is 468. The second-order valence-corrected chi connectivity index (χ2v) is 23.6. The van der Waals surface area contributed by atoms with Crippen LogP contribution in [0.3, 0.4) is 0 Å². The predicted molar refractivity (Wildman–Crippen MR) is 129 cm³/mol. The van der Waals surface area contributed by atoms with Crippen LogP contribution in [0.25, 0.3) is 0 Å². The van der Waals surface area contributed by atoms with E-state index in [0.717, 1.165) is 38.5 Å². The summed E-state index contributed by atoms with van der Waals surface area (Å²) in [5.41, 5.74) is -0.646. The molecule has 0 aliphatic heterocycles. The van der Waals surface area contributed by atoms with Crippen LogP contribution in [0.4, 0.5) is 9.59 Å². The molecule has 5 nitrogen and oxygen atoms in total. The fourth-order valence-electron chi connectivity index (χ4n) is 4.31. The molecule has 0 fully saturated rings. The minimum absolute atomic E-state index is 0.00574. The number of imide groups is 1. The number of rotatable bonds is 14. The van der Waals surface area contributed by atoms with E-state index >= 15 is 0 Å². The molecule has 0 aromatic rings. The number of unbranched alkanes of at least 4 members (excludes halogenated alkanes) is 4. The topological polar surface area (TPSA) is 55.8 Å². The molecule has 1 atom stereocenters. The van der Waals surface area contributed by atoms with Gasteiger partial charge in [-0.1, -0.05) is 0 Å². The Hall–Kier alpha value is -0.461. The van der Waals surface area contributed by atoms with Gasteiger partial charge in [-0.25, -0.2) is 0 Å². The summed E-state index contributed by atoms with van der Waals surface area (Å²) in [7, 11) is 1.37. The zero-order valence-electron chi connectivity index (χ0n) is 21.1. The minimum atomic E-state index is -2.95. The van der Waals surface area contributed by atoms with Crippen molar-refractivity contribution in [2.24, 2.45) is 0 Å². The summed E-state index contributed by atoms with van der Waals surface area (Å²) < 4.78 is 14.6. The maximum absolute atomic E-state index is 13.3. The molecular formula is C24H49NO4Sn. The standard InChI is InChI=1S/C12H22NO4.3C4H9.Sn/c1-6-7-8-9-13(10(14)16-5)11(15)17-12(2,3)4;3*1-3-4-2;/h9H,6-8H2,1-5H3;3*1,3-4H2,2H3;. The van der Waals surface area contributed by atoms with Gasteiger partial charge in [0.25, 0.3) is 0 Å². The van der Waals surface area contributed by atoms with E-state index in [1.165, 1.54) is 44.6 Å². The molecule has 0 aromatic heterocycles. The fraction of sp³-hybridized carbons (Fsp3) is 0.917. The average molecular weight is 534 g/mol. The van der Waals surface area contributed by atoms with E-state index in [2.05, 4.69) is 27.7 Å². The number of methoxy groups -OCH3 is 1. The molecule has 2 amide bonds. The van der Waals surface area contributed by atoms with Gasteiger partial charge < -0.3 is 0 Å². The van der Waals surface area contributed by atoms with E-state index < -0.39 is 36.2 Å². The van der Waals surface area contributed by atoms with Crippen molar-refractivity contribution in [3.63, 3.8) is 0 Å². The van der Waals surface area contributed by atoms with Crippen LogP contribution in [0, 0.1) is 0 Å². The number of hydrogen-bond donors (Lipinski definition) is 0. The number of ether oxygens (including phenoxy) is 2. The molecule has 0 aliphatic rings. The number of nitrogens with zero attached hydrogens (tertiary/aromatic N) is 1. The zero-order valence-corrected chi connectivity index (χ0v) is 24.0. The Morgan fingerprint density at radius 3 is 1.57 bits per heavy atom. The number of hydrogen-bond acceptors (Lipinski definition) is 4. The normalized spacial score (nSPS) is 13.1. The third-order valence-corrected chi connectivity index (χ3v) is 23.0. The van der Waals surface area contributed by atoms with E-state index in [9.17, 15) is 9.59 Å². The summed E-state index contributed by atoms with van der Waals surface area (Å²) in [6, 6.07) is 0. The van der Waals surface area contributed by atoms with Crippen LogP contribution in [-0.4, -0.2) is 52.2 Å². The Morgan fingerprint density at radius 2 is 1.23 bits per heavy atom. The molecule has 30 heavy (non-hydrogen) atoms. The maximum atomic E-state index is 13.3. The Balaban J connectivity index is 6.38. The van der Waals surface area contributed by atoms with Crippen LogP contribution < -0.4 is 0 Å². The van der Waals surface area contributed by atoms with Gasteiger partial charge in [-0.3, -0.25) is 0 Å². The SMILES string of the molecule is CCCC[CH](N(C(=O)OC)C(=O)OC(C)(C)C)[Sn]([CH2]CCC)([CH2]CCC)[CH2]CCC. The average Bonchev–Trinajstić information content (AvgIpc) is 2.69. The molecule has 6 heteroatoms. The summed E-state index contributed by atoms with van der Waals surface area (Å²) in [6.45, 7) is 14.4. The molecular weight excluding hydrogens is 485 g/mol. The monoisotopic (exact) mass is 535 g/mol. The number of carbonyl (C=O) groups is 2. The van der Waals surface area contributed by atoms with Gasteiger partial charge in [0, 0.05) is 0 Å². The number of amides is 2. The molecule has 0 rings (SSSR count). The second kappa shape index (κ2) is 15.4. The Labute approximate surface area is 190 Å². The van der Waals surface area contributed by atoms with Gasteiger partial charge >= 0.3 is 191 Å². The van der Waals surface area contributed by atoms with Gasteiger partial charge in [0.1, 0.15) is 0 Å². The molecule has 0 spiro atoms. The van der Waals surface area contributed by atoms with Crippen molar-refractivity contribution in [2.45, 2.75) is 129 Å². The predicted octanol–water partition coefficient (Wildman–Crippen LogP) is 7.94. The van der Waals surface area contributed by atoms with Crippen LogP contribution in [0.5, 0.6) is 0 Å². The van der Waals surface area contributed by atoms with Crippen LogP contribution >= 0.6 is 0 Å². The Kier molecular flexibility index (Phi) is 15.1. The van der Waals surface area contributed by atoms with Crippen molar-refractivity contribution in [1.29, 1.82) is 0 Å². The van der Waals surface area contributed by atoms with Crippen LogP contribution in [0.2, 0.25) is 13.3 Å². The van der Waals surface area contributed by atoms with Crippen LogP contribution in [-0.2, 0) is 9.47 Å². The molecule has 0 N–H and O–H groups in total. The van der Waals surface area contributed by atoms with Gasteiger partial charge in [0.2, 0.25) is 0 Å². The van der Waals surface area contributed by atoms with Crippen LogP contribution in [0.15, 0.2) is 0 Å². The molecule has 0 aliphatic carbocycles. The fourth-order valence-corrected chi connectivity index (χ4v) is 22.9. The van der Waals surface area contributed by atoms with Gasteiger partial charge in [0.05, 0.1) is 0 Å². The van der Waals surface area contributed by atoms with Crippen molar-refractivity contribution in [1.82, 2.24) is 4.90 Å². The van der Waals surface area contributed by atoms with Crippen molar-refractivity contribution in [2.75, 3.05) is 7.11 Å². The number of carbonyl (C=O) groups excluding carboxylic acids is 2.